The van der Waals surface area contributed by atoms with E-state index in [9.17, 15) is 9.59 Å². The monoisotopic (exact) mass is 616 g/mol. The highest BCUT2D eigenvalue weighted by atomic mass is 16.5. The number of ether oxygens (including phenoxy) is 1. The molecule has 9 heteroatoms. The van der Waals surface area contributed by atoms with Crippen LogP contribution in [0.2, 0.25) is 0 Å². The number of anilines is 3. The number of methoxy groups -OCH3 is 1. The number of benzene rings is 3. The third-order valence-electron chi connectivity index (χ3n) is 7.72. The highest BCUT2D eigenvalue weighted by molar-refractivity contribution is 5.99. The molecule has 0 saturated heterocycles. The average Bonchev–Trinajstić information content (AvgIpc) is 3.05. The molecule has 9 nitrogen and oxygen atoms in total. The minimum absolute atomic E-state index is 0.0371. The number of pyridine rings is 2. The largest absolute Gasteiger partial charge is 0.495 e. The van der Waals surface area contributed by atoms with Crippen LogP contribution in [0, 0.1) is 6.92 Å². The van der Waals surface area contributed by atoms with Gasteiger partial charge in [0.1, 0.15) is 5.75 Å². The fourth-order valence-electron chi connectivity index (χ4n) is 5.31. The van der Waals surface area contributed by atoms with E-state index in [0.717, 1.165) is 45.8 Å². The molecule has 2 heterocycles. The van der Waals surface area contributed by atoms with Crippen LogP contribution in [0.4, 0.5) is 17.1 Å². The molecule has 5 rings (SSSR count). The van der Waals surface area contributed by atoms with E-state index in [1.165, 1.54) is 0 Å². The normalized spacial score (nSPS) is 11.0. The second-order valence-corrected chi connectivity index (χ2v) is 11.4. The molecule has 0 aliphatic rings. The zero-order valence-electron chi connectivity index (χ0n) is 26.8. The summed E-state index contributed by atoms with van der Waals surface area (Å²) >= 11 is 0. The number of aryl methyl sites for hydroxylation is 1. The van der Waals surface area contributed by atoms with Crippen LogP contribution in [0.15, 0.2) is 97.2 Å². The standard InChI is InChI=1S/C37H40N6O3/c1-26-8-7-10-33(40-26)24-43(23-32-9-5-6-17-38-32)19-18-39-35-16-14-31(22-36(35)46-4)41-37(45)25-42(3)34-15-13-29-20-28(27(2)44)11-12-30(29)21-34/h5-17,20-22,39H,18-19,23-25H2,1-4H3,(H,41,45). The van der Waals surface area contributed by atoms with E-state index < -0.39 is 0 Å². The smallest absolute Gasteiger partial charge is 0.243 e. The molecule has 0 fully saturated rings. The summed E-state index contributed by atoms with van der Waals surface area (Å²) in [5.74, 6) is 0.532. The van der Waals surface area contributed by atoms with Crippen molar-refractivity contribution in [2.75, 3.05) is 49.3 Å². The first-order valence-electron chi connectivity index (χ1n) is 15.3. The van der Waals surface area contributed by atoms with Crippen molar-refractivity contribution in [1.29, 1.82) is 0 Å². The molecule has 5 aromatic rings. The Labute approximate surface area is 270 Å². The molecule has 3 aromatic carbocycles. The maximum absolute atomic E-state index is 13.0. The summed E-state index contributed by atoms with van der Waals surface area (Å²) in [6.07, 6.45) is 1.82. The summed E-state index contributed by atoms with van der Waals surface area (Å²) < 4.78 is 5.67. The van der Waals surface area contributed by atoms with Gasteiger partial charge >= 0.3 is 0 Å². The van der Waals surface area contributed by atoms with Crippen LogP contribution in [0.25, 0.3) is 10.8 Å². The van der Waals surface area contributed by atoms with Crippen LogP contribution >= 0.6 is 0 Å². The summed E-state index contributed by atoms with van der Waals surface area (Å²) in [5.41, 5.74) is 6.10. The molecule has 0 unspecified atom stereocenters. The third-order valence-corrected chi connectivity index (χ3v) is 7.72. The first-order valence-corrected chi connectivity index (χ1v) is 15.3. The molecular formula is C37H40N6O3. The number of amides is 1. The van der Waals surface area contributed by atoms with Crippen molar-refractivity contribution in [2.24, 2.45) is 0 Å². The molecule has 0 saturated carbocycles. The number of likely N-dealkylation sites (N-methyl/N-ethyl adjacent to an activating group) is 1. The minimum atomic E-state index is -0.146. The van der Waals surface area contributed by atoms with Crippen LogP contribution in [-0.4, -0.2) is 60.4 Å². The van der Waals surface area contributed by atoms with Crippen LogP contribution < -0.4 is 20.3 Å². The average molecular weight is 617 g/mol. The quantitative estimate of drug-likeness (QED) is 0.140. The van der Waals surface area contributed by atoms with Gasteiger partial charge in [0.05, 0.1) is 30.7 Å². The topological polar surface area (TPSA) is 99.7 Å². The number of carbonyl (C=O) groups excluding carboxylic acids is 2. The molecule has 236 valence electrons. The van der Waals surface area contributed by atoms with E-state index >= 15 is 0 Å². The highest BCUT2D eigenvalue weighted by Crippen LogP contribution is 2.28. The molecule has 0 spiro atoms. The van der Waals surface area contributed by atoms with Gasteiger partial charge in [0.15, 0.2) is 5.78 Å². The maximum Gasteiger partial charge on any atom is 0.243 e. The van der Waals surface area contributed by atoms with Gasteiger partial charge in [-0.15, -0.1) is 0 Å². The van der Waals surface area contributed by atoms with E-state index in [1.54, 1.807) is 14.0 Å². The Balaban J connectivity index is 1.18. The molecular weight excluding hydrogens is 576 g/mol. The number of fused-ring (bicyclic) bond motifs is 1. The lowest BCUT2D eigenvalue weighted by atomic mass is 10.0. The van der Waals surface area contributed by atoms with E-state index in [0.29, 0.717) is 36.6 Å². The number of rotatable bonds is 14. The lowest BCUT2D eigenvalue weighted by molar-refractivity contribution is -0.114. The van der Waals surface area contributed by atoms with Crippen LogP contribution in [0.1, 0.15) is 34.4 Å². The molecule has 2 aromatic heterocycles. The summed E-state index contributed by atoms with van der Waals surface area (Å²) in [4.78, 5) is 38.1. The fourth-order valence-corrected chi connectivity index (χ4v) is 5.31. The highest BCUT2D eigenvalue weighted by Gasteiger charge is 2.13. The zero-order valence-corrected chi connectivity index (χ0v) is 26.8. The van der Waals surface area contributed by atoms with Gasteiger partial charge in [0, 0.05) is 68.1 Å². The molecule has 1 amide bonds. The predicted octanol–water partition coefficient (Wildman–Crippen LogP) is 6.34. The number of hydrogen-bond donors (Lipinski definition) is 2. The van der Waals surface area contributed by atoms with Crippen molar-refractivity contribution < 1.29 is 14.3 Å². The van der Waals surface area contributed by atoms with E-state index in [2.05, 4.69) is 25.5 Å². The van der Waals surface area contributed by atoms with Gasteiger partial charge in [-0.05, 0) is 79.2 Å². The van der Waals surface area contributed by atoms with Gasteiger partial charge in [-0.3, -0.25) is 24.5 Å². The van der Waals surface area contributed by atoms with Gasteiger partial charge in [-0.1, -0.05) is 30.3 Å². The predicted molar refractivity (Wildman–Crippen MR) is 185 cm³/mol. The van der Waals surface area contributed by atoms with E-state index in [-0.39, 0.29) is 18.2 Å². The van der Waals surface area contributed by atoms with Gasteiger partial charge in [-0.25, -0.2) is 0 Å². The van der Waals surface area contributed by atoms with Crippen molar-refractivity contribution in [3.63, 3.8) is 0 Å². The first kappa shape index (κ1) is 32.1. The van der Waals surface area contributed by atoms with Crippen molar-refractivity contribution in [2.45, 2.75) is 26.9 Å². The number of ketones is 1. The summed E-state index contributed by atoms with van der Waals surface area (Å²) in [5, 5.41) is 8.47. The Morgan fingerprint density at radius 2 is 1.65 bits per heavy atom. The number of nitrogens with one attached hydrogen (secondary N) is 2. The number of carbonyl (C=O) groups is 2. The summed E-state index contributed by atoms with van der Waals surface area (Å²) in [6.45, 7) is 6.57. The molecule has 0 radical (unpaired) electrons. The summed E-state index contributed by atoms with van der Waals surface area (Å²) in [6, 6.07) is 29.3. The molecule has 46 heavy (non-hydrogen) atoms. The molecule has 0 aliphatic carbocycles. The second kappa shape index (κ2) is 15.1. The molecule has 0 bridgehead atoms. The number of nitrogens with zero attached hydrogens (tertiary/aromatic N) is 4. The number of hydrogen-bond acceptors (Lipinski definition) is 8. The minimum Gasteiger partial charge on any atom is -0.495 e. The third kappa shape index (κ3) is 8.67. The van der Waals surface area contributed by atoms with Crippen LogP contribution in [0.5, 0.6) is 5.75 Å². The van der Waals surface area contributed by atoms with Gasteiger partial charge in [0.25, 0.3) is 0 Å². The summed E-state index contributed by atoms with van der Waals surface area (Å²) in [7, 11) is 3.50. The zero-order chi connectivity index (χ0) is 32.5. The van der Waals surface area contributed by atoms with Crippen molar-refractivity contribution in [3.05, 3.63) is 120 Å². The number of aromatic nitrogens is 2. The number of Topliss-reactive ketones (excluding diaryl/α,β-unsaturated/α-hetero) is 1. The second-order valence-electron chi connectivity index (χ2n) is 11.4. The van der Waals surface area contributed by atoms with Gasteiger partial charge in [-0.2, -0.15) is 0 Å². The Hall–Kier alpha value is -5.28. The van der Waals surface area contributed by atoms with Crippen LogP contribution in [0.3, 0.4) is 0 Å². The van der Waals surface area contributed by atoms with Crippen molar-refractivity contribution >= 4 is 39.5 Å². The Bertz CT molecular complexity index is 1810. The van der Waals surface area contributed by atoms with Crippen LogP contribution in [-0.2, 0) is 17.9 Å². The SMILES string of the molecule is COc1cc(NC(=O)CN(C)c2ccc3cc(C(C)=O)ccc3c2)ccc1NCCN(Cc1ccccn1)Cc1cccc(C)n1. The van der Waals surface area contributed by atoms with Gasteiger partial charge in [0.2, 0.25) is 5.91 Å². The van der Waals surface area contributed by atoms with E-state index in [4.69, 9.17) is 4.74 Å². The Morgan fingerprint density at radius 1 is 0.870 bits per heavy atom. The van der Waals surface area contributed by atoms with Gasteiger partial charge < -0.3 is 20.3 Å². The van der Waals surface area contributed by atoms with E-state index in [1.807, 2.05) is 116 Å². The lowest BCUT2D eigenvalue weighted by Crippen LogP contribution is -2.30. The molecule has 2 N–H and O–H groups in total. The maximum atomic E-state index is 13.0. The Kier molecular flexibility index (Phi) is 10.6. The lowest BCUT2D eigenvalue weighted by Gasteiger charge is -2.23. The molecule has 0 atom stereocenters. The van der Waals surface area contributed by atoms with Crippen molar-refractivity contribution in [1.82, 2.24) is 14.9 Å². The van der Waals surface area contributed by atoms with Crippen molar-refractivity contribution in [3.8, 4) is 5.75 Å². The Morgan fingerprint density at radius 3 is 2.41 bits per heavy atom. The first-order chi connectivity index (χ1) is 22.3. The fraction of sp³-hybridized carbons (Fsp3) is 0.243. The molecule has 0 aliphatic heterocycles.